The molecule has 178 valence electrons. The molecule has 0 aliphatic carbocycles. The van der Waals surface area contributed by atoms with Crippen molar-refractivity contribution in [1.82, 2.24) is 16.2 Å². The molecule has 2 aromatic rings. The number of thiocarbonyl (C=S) groups is 1. The van der Waals surface area contributed by atoms with E-state index in [-0.39, 0.29) is 11.7 Å². The first kappa shape index (κ1) is 25.9. The standard InChI is InChI=1S/C24H31N3O5S/c1-3-4-5-6-9-16-31-19-14-12-18(13-15-19)23(29)25-24(33)27-26-22(28)17-32-21-11-8-7-10-20(21)30-2/h7-8,10-15H,3-6,9,16-17H2,1-2H3,(H,26,28)(H2,25,27,29,33). The predicted octanol–water partition coefficient (Wildman–Crippen LogP) is 3.76. The lowest BCUT2D eigenvalue weighted by Gasteiger charge is -2.13. The zero-order valence-corrected chi connectivity index (χ0v) is 19.8. The molecule has 0 radical (unpaired) electrons. The van der Waals surface area contributed by atoms with Crippen molar-refractivity contribution < 1.29 is 23.8 Å². The van der Waals surface area contributed by atoms with E-state index in [1.165, 1.54) is 26.4 Å². The molecule has 0 saturated carbocycles. The highest BCUT2D eigenvalue weighted by molar-refractivity contribution is 7.80. The van der Waals surface area contributed by atoms with E-state index in [9.17, 15) is 9.59 Å². The Morgan fingerprint density at radius 1 is 0.879 bits per heavy atom. The Labute approximate surface area is 200 Å². The monoisotopic (exact) mass is 473 g/mol. The zero-order chi connectivity index (χ0) is 23.9. The molecule has 2 rings (SSSR count). The third-order valence-electron chi connectivity index (χ3n) is 4.60. The van der Waals surface area contributed by atoms with Crippen molar-refractivity contribution in [2.75, 3.05) is 20.3 Å². The van der Waals surface area contributed by atoms with Gasteiger partial charge in [-0.1, -0.05) is 44.7 Å². The average molecular weight is 474 g/mol. The van der Waals surface area contributed by atoms with Crippen molar-refractivity contribution in [2.45, 2.75) is 39.0 Å². The van der Waals surface area contributed by atoms with Crippen LogP contribution in [0.1, 0.15) is 49.4 Å². The van der Waals surface area contributed by atoms with Crippen LogP contribution >= 0.6 is 12.2 Å². The summed E-state index contributed by atoms with van der Waals surface area (Å²) in [7, 11) is 1.51. The molecule has 0 bridgehead atoms. The van der Waals surface area contributed by atoms with E-state index in [1.54, 1.807) is 48.5 Å². The second-order valence-corrected chi connectivity index (χ2v) is 7.59. The van der Waals surface area contributed by atoms with Crippen LogP contribution in [0.25, 0.3) is 0 Å². The molecule has 0 fully saturated rings. The van der Waals surface area contributed by atoms with Crippen molar-refractivity contribution >= 4 is 29.1 Å². The molecule has 0 heterocycles. The number of para-hydroxylation sites is 2. The molecule has 0 aliphatic rings. The van der Waals surface area contributed by atoms with Crippen LogP contribution < -0.4 is 30.4 Å². The van der Waals surface area contributed by atoms with Crippen molar-refractivity contribution in [3.63, 3.8) is 0 Å². The Hall–Kier alpha value is -3.33. The third kappa shape index (κ3) is 9.78. The summed E-state index contributed by atoms with van der Waals surface area (Å²) in [4.78, 5) is 24.3. The molecule has 2 aromatic carbocycles. The van der Waals surface area contributed by atoms with Gasteiger partial charge >= 0.3 is 0 Å². The number of nitrogens with one attached hydrogen (secondary N) is 3. The lowest BCUT2D eigenvalue weighted by Crippen LogP contribution is -2.49. The minimum Gasteiger partial charge on any atom is -0.494 e. The fraction of sp³-hybridized carbons (Fsp3) is 0.375. The van der Waals surface area contributed by atoms with Gasteiger partial charge in [-0.15, -0.1) is 0 Å². The van der Waals surface area contributed by atoms with Crippen molar-refractivity contribution in [2.24, 2.45) is 0 Å². The van der Waals surface area contributed by atoms with Crippen LogP contribution in [0, 0.1) is 0 Å². The van der Waals surface area contributed by atoms with Crippen molar-refractivity contribution in [3.8, 4) is 17.2 Å². The van der Waals surface area contributed by atoms with Gasteiger partial charge in [0.15, 0.2) is 23.2 Å². The van der Waals surface area contributed by atoms with Crippen molar-refractivity contribution in [1.29, 1.82) is 0 Å². The van der Waals surface area contributed by atoms with Crippen LogP contribution in [-0.4, -0.2) is 37.3 Å². The minimum atomic E-state index is -0.478. The first-order valence-electron chi connectivity index (χ1n) is 10.9. The van der Waals surface area contributed by atoms with Gasteiger partial charge in [0.25, 0.3) is 11.8 Å². The summed E-state index contributed by atoms with van der Waals surface area (Å²) in [6.07, 6.45) is 5.86. The van der Waals surface area contributed by atoms with E-state index >= 15 is 0 Å². The zero-order valence-electron chi connectivity index (χ0n) is 19.0. The van der Waals surface area contributed by atoms with E-state index in [0.717, 1.165) is 12.8 Å². The molecular formula is C24H31N3O5S. The largest absolute Gasteiger partial charge is 0.494 e. The lowest BCUT2D eigenvalue weighted by molar-refractivity contribution is -0.123. The fourth-order valence-corrected chi connectivity index (χ4v) is 2.99. The van der Waals surface area contributed by atoms with Gasteiger partial charge < -0.3 is 14.2 Å². The predicted molar refractivity (Wildman–Crippen MR) is 131 cm³/mol. The summed E-state index contributed by atoms with van der Waals surface area (Å²) in [6.45, 7) is 2.58. The van der Waals surface area contributed by atoms with Crippen LogP contribution in [0.15, 0.2) is 48.5 Å². The van der Waals surface area contributed by atoms with Crippen LogP contribution in [0.2, 0.25) is 0 Å². The average Bonchev–Trinajstić information content (AvgIpc) is 2.84. The lowest BCUT2D eigenvalue weighted by atomic mass is 10.2. The number of hydrogen-bond donors (Lipinski definition) is 3. The molecule has 8 nitrogen and oxygen atoms in total. The van der Waals surface area contributed by atoms with E-state index < -0.39 is 11.8 Å². The molecule has 0 saturated heterocycles. The minimum absolute atomic E-state index is 0.0435. The summed E-state index contributed by atoms with van der Waals surface area (Å²) < 4.78 is 16.3. The van der Waals surface area contributed by atoms with Crippen LogP contribution in [-0.2, 0) is 4.79 Å². The topological polar surface area (TPSA) is 97.9 Å². The molecule has 0 atom stereocenters. The SMILES string of the molecule is CCCCCCCOc1ccc(C(=O)NC(=S)NNC(=O)COc2ccccc2OC)cc1. The van der Waals surface area contributed by atoms with E-state index in [4.69, 9.17) is 26.4 Å². The van der Waals surface area contributed by atoms with Gasteiger partial charge in [0, 0.05) is 5.56 Å². The van der Waals surface area contributed by atoms with E-state index in [1.807, 2.05) is 0 Å². The van der Waals surface area contributed by atoms with Gasteiger partial charge in [-0.2, -0.15) is 0 Å². The van der Waals surface area contributed by atoms with Crippen LogP contribution in [0.3, 0.4) is 0 Å². The molecule has 0 aromatic heterocycles. The second kappa shape index (κ2) is 14.7. The smallest absolute Gasteiger partial charge is 0.276 e. The first-order chi connectivity index (χ1) is 16.0. The number of carbonyl (C=O) groups is 2. The number of hydrazine groups is 1. The summed E-state index contributed by atoms with van der Waals surface area (Å²) >= 11 is 5.05. The molecule has 3 N–H and O–H groups in total. The van der Waals surface area contributed by atoms with Crippen LogP contribution in [0.4, 0.5) is 0 Å². The Balaban J connectivity index is 1.67. The number of unbranched alkanes of at least 4 members (excludes halogenated alkanes) is 4. The van der Waals surface area contributed by atoms with E-state index in [2.05, 4.69) is 23.1 Å². The maximum absolute atomic E-state index is 12.3. The third-order valence-corrected chi connectivity index (χ3v) is 4.81. The number of carbonyl (C=O) groups excluding carboxylic acids is 2. The highest BCUT2D eigenvalue weighted by Crippen LogP contribution is 2.25. The number of benzene rings is 2. The summed E-state index contributed by atoms with van der Waals surface area (Å²) in [5, 5.41) is 2.46. The molecule has 0 unspecified atom stereocenters. The van der Waals surface area contributed by atoms with Gasteiger partial charge in [-0.25, -0.2) is 0 Å². The van der Waals surface area contributed by atoms with Gasteiger partial charge in [0.1, 0.15) is 5.75 Å². The molecular weight excluding hydrogens is 442 g/mol. The Morgan fingerprint density at radius 3 is 2.27 bits per heavy atom. The Morgan fingerprint density at radius 2 is 1.58 bits per heavy atom. The van der Waals surface area contributed by atoms with Gasteiger partial charge in [-0.05, 0) is 55.0 Å². The maximum Gasteiger partial charge on any atom is 0.276 e. The summed E-state index contributed by atoms with van der Waals surface area (Å²) in [5.74, 6) is 0.788. The molecule has 9 heteroatoms. The summed E-state index contributed by atoms with van der Waals surface area (Å²) in [6, 6.07) is 13.8. The molecule has 0 aliphatic heterocycles. The summed E-state index contributed by atoms with van der Waals surface area (Å²) in [5.41, 5.74) is 5.26. The quantitative estimate of drug-likeness (QED) is 0.245. The van der Waals surface area contributed by atoms with Gasteiger partial charge in [0.2, 0.25) is 0 Å². The molecule has 2 amide bonds. The Kier molecular flexibility index (Phi) is 11.5. The molecule has 33 heavy (non-hydrogen) atoms. The highest BCUT2D eigenvalue weighted by Gasteiger charge is 2.10. The van der Waals surface area contributed by atoms with E-state index in [0.29, 0.717) is 29.4 Å². The fourth-order valence-electron chi connectivity index (χ4n) is 2.85. The number of hydrogen-bond acceptors (Lipinski definition) is 6. The van der Waals surface area contributed by atoms with Gasteiger partial charge in [0.05, 0.1) is 13.7 Å². The normalized spacial score (nSPS) is 10.1. The number of methoxy groups -OCH3 is 1. The number of amides is 2. The first-order valence-corrected chi connectivity index (χ1v) is 11.3. The Bertz CT molecular complexity index is 905. The second-order valence-electron chi connectivity index (χ2n) is 7.18. The molecule has 0 spiro atoms. The maximum atomic E-state index is 12.3. The van der Waals surface area contributed by atoms with Crippen LogP contribution in [0.5, 0.6) is 17.2 Å². The number of rotatable bonds is 12. The number of ether oxygens (including phenoxy) is 3. The highest BCUT2D eigenvalue weighted by atomic mass is 32.1. The van der Waals surface area contributed by atoms with Gasteiger partial charge in [-0.3, -0.25) is 25.8 Å². The van der Waals surface area contributed by atoms with Crippen molar-refractivity contribution in [3.05, 3.63) is 54.1 Å².